The van der Waals surface area contributed by atoms with Gasteiger partial charge < -0.3 is 14.5 Å². The molecule has 1 aromatic carbocycles. The van der Waals surface area contributed by atoms with Crippen molar-refractivity contribution in [1.29, 1.82) is 0 Å². The first-order valence-corrected chi connectivity index (χ1v) is 5.94. The Morgan fingerprint density at radius 2 is 2.13 bits per heavy atom. The van der Waals surface area contributed by atoms with Gasteiger partial charge in [-0.3, -0.25) is 9.36 Å². The van der Waals surface area contributed by atoms with E-state index in [1.165, 1.54) is 19.2 Å². The summed E-state index contributed by atoms with van der Waals surface area (Å²) in [7, 11) is -2.85. The molecule has 0 saturated heterocycles. The van der Waals surface area contributed by atoms with Crippen LogP contribution in [0.3, 0.4) is 0 Å². The van der Waals surface area contributed by atoms with Crippen LogP contribution in [0.4, 0.5) is 0 Å². The first kappa shape index (κ1) is 11.9. The standard InChI is InChI=1S/C9H11O5P/c1-14-8-4-2-3-7(5-8)9(10)6-15(11,12)13/h2-5H,6H2,1H3,(H2,11,12,13). The van der Waals surface area contributed by atoms with Gasteiger partial charge in [0.15, 0.2) is 5.78 Å². The second kappa shape index (κ2) is 4.57. The summed E-state index contributed by atoms with van der Waals surface area (Å²) in [5.41, 5.74) is 0.234. The van der Waals surface area contributed by atoms with E-state index in [0.29, 0.717) is 5.75 Å². The molecule has 5 nitrogen and oxygen atoms in total. The lowest BCUT2D eigenvalue weighted by molar-refractivity contribution is 0.101. The van der Waals surface area contributed by atoms with Crippen molar-refractivity contribution in [3.05, 3.63) is 29.8 Å². The Balaban J connectivity index is 2.87. The maximum atomic E-state index is 11.4. The molecular formula is C9H11O5P. The molecule has 0 unspecified atom stereocenters. The average molecular weight is 230 g/mol. The van der Waals surface area contributed by atoms with Gasteiger partial charge in [0.25, 0.3) is 0 Å². The third-order valence-electron chi connectivity index (χ3n) is 1.74. The minimum atomic E-state index is -4.30. The van der Waals surface area contributed by atoms with Gasteiger partial charge in [-0.25, -0.2) is 0 Å². The number of benzene rings is 1. The molecule has 0 aromatic heterocycles. The number of hydrogen-bond donors (Lipinski definition) is 2. The summed E-state index contributed by atoms with van der Waals surface area (Å²) in [6.07, 6.45) is -0.778. The Hall–Kier alpha value is -1.16. The van der Waals surface area contributed by atoms with Crippen LogP contribution in [0.5, 0.6) is 5.75 Å². The topological polar surface area (TPSA) is 83.8 Å². The van der Waals surface area contributed by atoms with Crippen molar-refractivity contribution in [3.63, 3.8) is 0 Å². The lowest BCUT2D eigenvalue weighted by Crippen LogP contribution is -2.05. The van der Waals surface area contributed by atoms with E-state index in [0.717, 1.165) is 0 Å². The molecule has 2 N–H and O–H groups in total. The summed E-state index contributed by atoms with van der Waals surface area (Å²) < 4.78 is 15.5. The number of Topliss-reactive ketones (excluding diaryl/α,β-unsaturated/α-hetero) is 1. The first-order chi connectivity index (χ1) is 6.92. The number of hydrogen-bond acceptors (Lipinski definition) is 3. The summed E-state index contributed by atoms with van der Waals surface area (Å²) >= 11 is 0. The summed E-state index contributed by atoms with van der Waals surface area (Å²) in [4.78, 5) is 28.7. The average Bonchev–Trinajstić information content (AvgIpc) is 2.15. The lowest BCUT2D eigenvalue weighted by atomic mass is 10.1. The predicted molar refractivity (Wildman–Crippen MR) is 54.2 cm³/mol. The Morgan fingerprint density at radius 1 is 1.47 bits per heavy atom. The van der Waals surface area contributed by atoms with Crippen molar-refractivity contribution in [2.45, 2.75) is 0 Å². The summed E-state index contributed by atoms with van der Waals surface area (Å²) in [5, 5.41) is 0. The SMILES string of the molecule is COc1cccc(C(=O)CP(=O)(O)O)c1. The van der Waals surface area contributed by atoms with E-state index in [1.807, 2.05) is 0 Å². The highest BCUT2D eigenvalue weighted by Gasteiger charge is 2.20. The maximum absolute atomic E-state index is 11.4. The zero-order chi connectivity index (χ0) is 11.5. The normalized spacial score (nSPS) is 11.1. The minimum absolute atomic E-state index is 0.234. The van der Waals surface area contributed by atoms with Crippen LogP contribution < -0.4 is 4.74 Å². The van der Waals surface area contributed by atoms with Crippen molar-refractivity contribution in [1.82, 2.24) is 0 Å². The largest absolute Gasteiger partial charge is 0.497 e. The second-order valence-corrected chi connectivity index (χ2v) is 4.62. The molecule has 6 heteroatoms. The van der Waals surface area contributed by atoms with Gasteiger partial charge in [0.05, 0.1) is 7.11 Å². The van der Waals surface area contributed by atoms with Crippen LogP contribution >= 0.6 is 7.60 Å². The van der Waals surface area contributed by atoms with Gasteiger partial charge in [0.1, 0.15) is 11.9 Å². The van der Waals surface area contributed by atoms with Gasteiger partial charge in [-0.1, -0.05) is 12.1 Å². The zero-order valence-corrected chi connectivity index (χ0v) is 8.98. The summed E-state index contributed by atoms with van der Waals surface area (Å²) in [5.74, 6) is -0.117. The number of carbonyl (C=O) groups is 1. The molecule has 0 aliphatic carbocycles. The van der Waals surface area contributed by atoms with E-state index < -0.39 is 19.5 Å². The number of methoxy groups -OCH3 is 1. The van der Waals surface area contributed by atoms with E-state index >= 15 is 0 Å². The molecule has 82 valence electrons. The zero-order valence-electron chi connectivity index (χ0n) is 8.08. The highest BCUT2D eigenvalue weighted by atomic mass is 31.2. The van der Waals surface area contributed by atoms with Gasteiger partial charge in [-0.05, 0) is 12.1 Å². The van der Waals surface area contributed by atoms with E-state index in [-0.39, 0.29) is 5.56 Å². The molecule has 0 spiro atoms. The molecule has 0 atom stereocenters. The molecule has 0 heterocycles. The molecule has 0 amide bonds. The molecule has 0 bridgehead atoms. The monoisotopic (exact) mass is 230 g/mol. The van der Waals surface area contributed by atoms with Gasteiger partial charge >= 0.3 is 7.60 Å². The predicted octanol–water partition coefficient (Wildman–Crippen LogP) is 1.06. The Kier molecular flexibility index (Phi) is 3.63. The quantitative estimate of drug-likeness (QED) is 0.596. The van der Waals surface area contributed by atoms with E-state index in [2.05, 4.69) is 0 Å². The Bertz CT molecular complexity index is 409. The molecule has 0 aliphatic rings. The van der Waals surface area contributed by atoms with Crippen LogP contribution in [0.15, 0.2) is 24.3 Å². The van der Waals surface area contributed by atoms with Crippen molar-refractivity contribution < 1.29 is 23.9 Å². The van der Waals surface area contributed by atoms with E-state index in [1.54, 1.807) is 12.1 Å². The second-order valence-electron chi connectivity index (χ2n) is 2.98. The first-order valence-electron chi connectivity index (χ1n) is 4.14. The third-order valence-corrected chi connectivity index (χ3v) is 2.44. The van der Waals surface area contributed by atoms with Crippen LogP contribution in [0.25, 0.3) is 0 Å². The Labute approximate surface area is 86.9 Å². The van der Waals surface area contributed by atoms with Crippen LogP contribution in [0.1, 0.15) is 10.4 Å². The van der Waals surface area contributed by atoms with Crippen molar-refractivity contribution in [2.75, 3.05) is 13.3 Å². The molecule has 0 aliphatic heterocycles. The van der Waals surface area contributed by atoms with Crippen LogP contribution in [0, 0.1) is 0 Å². The van der Waals surface area contributed by atoms with Crippen LogP contribution in [-0.4, -0.2) is 28.8 Å². The van der Waals surface area contributed by atoms with Gasteiger partial charge in [-0.15, -0.1) is 0 Å². The third kappa shape index (κ3) is 3.83. The number of carbonyl (C=O) groups excluding carboxylic acids is 1. The van der Waals surface area contributed by atoms with Crippen molar-refractivity contribution >= 4 is 13.4 Å². The van der Waals surface area contributed by atoms with Crippen molar-refractivity contribution in [3.8, 4) is 5.75 Å². The van der Waals surface area contributed by atoms with Crippen molar-refractivity contribution in [2.24, 2.45) is 0 Å². The van der Waals surface area contributed by atoms with Crippen LogP contribution in [-0.2, 0) is 4.57 Å². The van der Waals surface area contributed by atoms with E-state index in [4.69, 9.17) is 14.5 Å². The minimum Gasteiger partial charge on any atom is -0.497 e. The summed E-state index contributed by atoms with van der Waals surface area (Å²) in [6.45, 7) is 0. The number of rotatable bonds is 4. The lowest BCUT2D eigenvalue weighted by Gasteiger charge is -2.04. The molecular weight excluding hydrogens is 219 g/mol. The molecule has 0 radical (unpaired) electrons. The highest BCUT2D eigenvalue weighted by Crippen LogP contribution is 2.35. The highest BCUT2D eigenvalue weighted by molar-refractivity contribution is 7.52. The number of ketones is 1. The number of ether oxygens (including phenoxy) is 1. The maximum Gasteiger partial charge on any atom is 0.333 e. The molecule has 15 heavy (non-hydrogen) atoms. The molecule has 0 saturated carbocycles. The van der Waals surface area contributed by atoms with Crippen LogP contribution in [0.2, 0.25) is 0 Å². The fourth-order valence-electron chi connectivity index (χ4n) is 1.07. The van der Waals surface area contributed by atoms with Gasteiger partial charge in [0, 0.05) is 5.56 Å². The molecule has 1 aromatic rings. The van der Waals surface area contributed by atoms with Gasteiger partial charge in [-0.2, -0.15) is 0 Å². The molecule has 1 rings (SSSR count). The Morgan fingerprint density at radius 3 is 2.67 bits per heavy atom. The molecule has 0 fully saturated rings. The smallest absolute Gasteiger partial charge is 0.333 e. The van der Waals surface area contributed by atoms with E-state index in [9.17, 15) is 9.36 Å². The van der Waals surface area contributed by atoms with Gasteiger partial charge in [0.2, 0.25) is 0 Å². The summed E-state index contributed by atoms with van der Waals surface area (Å²) in [6, 6.07) is 6.17. The fraction of sp³-hybridized carbons (Fsp3) is 0.222. The fourth-order valence-corrected chi connectivity index (χ4v) is 1.63.